The molecule has 1 saturated heterocycles. The van der Waals surface area contributed by atoms with Gasteiger partial charge in [-0.3, -0.25) is 4.79 Å². The van der Waals surface area contributed by atoms with Crippen molar-refractivity contribution >= 4 is 5.91 Å². The number of rotatable bonds is 1. The number of β-lactam (4-membered cyclic amide) rings is 1. The van der Waals surface area contributed by atoms with Gasteiger partial charge in [0.25, 0.3) is 0 Å². The fourth-order valence-electron chi connectivity index (χ4n) is 0.993. The highest BCUT2D eigenvalue weighted by Gasteiger charge is 2.36. The van der Waals surface area contributed by atoms with Crippen molar-refractivity contribution in [1.29, 1.82) is 0 Å². The predicted molar refractivity (Wildman–Crippen MR) is 32.8 cm³/mol. The van der Waals surface area contributed by atoms with Crippen LogP contribution in [0.2, 0.25) is 0 Å². The van der Waals surface area contributed by atoms with E-state index in [-0.39, 0.29) is 11.8 Å². The molecule has 0 aromatic rings. The van der Waals surface area contributed by atoms with Crippen LogP contribution in [-0.4, -0.2) is 35.6 Å². The monoisotopic (exact) mass is 129 g/mol. The average Bonchev–Trinajstić information content (AvgIpc) is 1.81. The van der Waals surface area contributed by atoms with Gasteiger partial charge in [-0.1, -0.05) is 0 Å². The second-order valence-electron chi connectivity index (χ2n) is 2.57. The lowest BCUT2D eigenvalue weighted by Gasteiger charge is -2.36. The minimum Gasteiger partial charge on any atom is -0.393 e. The van der Waals surface area contributed by atoms with Crippen molar-refractivity contribution in [1.82, 2.24) is 4.90 Å². The summed E-state index contributed by atoms with van der Waals surface area (Å²) in [6, 6.07) is 0. The third-order valence-corrected chi connectivity index (χ3v) is 1.75. The van der Waals surface area contributed by atoms with Gasteiger partial charge in [-0.05, 0) is 6.92 Å². The number of amides is 1. The van der Waals surface area contributed by atoms with E-state index in [1.54, 1.807) is 18.9 Å². The molecule has 9 heavy (non-hydrogen) atoms. The molecule has 1 amide bonds. The van der Waals surface area contributed by atoms with Gasteiger partial charge in [0.05, 0.1) is 12.0 Å². The largest absolute Gasteiger partial charge is 0.393 e. The van der Waals surface area contributed by atoms with E-state index in [0.717, 1.165) is 0 Å². The smallest absolute Gasteiger partial charge is 0.229 e. The molecule has 0 aliphatic carbocycles. The lowest BCUT2D eigenvalue weighted by Crippen LogP contribution is -2.54. The molecule has 52 valence electrons. The van der Waals surface area contributed by atoms with Crippen molar-refractivity contribution in [2.45, 2.75) is 13.0 Å². The number of likely N-dealkylation sites (tertiary alicyclic amines) is 1. The Morgan fingerprint density at radius 3 is 2.56 bits per heavy atom. The summed E-state index contributed by atoms with van der Waals surface area (Å²) in [5.74, 6) is -0.0694. The van der Waals surface area contributed by atoms with E-state index in [9.17, 15) is 4.79 Å². The molecule has 0 bridgehead atoms. The number of carbonyl (C=O) groups excluding carboxylic acids is 1. The minimum absolute atomic E-state index is 0.0602. The lowest BCUT2D eigenvalue weighted by molar-refractivity contribution is -0.151. The molecule has 3 nitrogen and oxygen atoms in total. The van der Waals surface area contributed by atoms with Crippen LogP contribution in [0.1, 0.15) is 6.92 Å². The first-order chi connectivity index (χ1) is 4.13. The summed E-state index contributed by atoms with van der Waals surface area (Å²) in [5, 5.41) is 8.91. The Hall–Kier alpha value is -0.570. The van der Waals surface area contributed by atoms with E-state index < -0.39 is 6.10 Å². The normalized spacial score (nSPS) is 29.9. The van der Waals surface area contributed by atoms with Crippen molar-refractivity contribution in [3.63, 3.8) is 0 Å². The SMILES string of the molecule is CC(O)C1CN(C)C1=O. The maximum Gasteiger partial charge on any atom is 0.229 e. The lowest BCUT2D eigenvalue weighted by atomic mass is 9.94. The highest BCUT2D eigenvalue weighted by molar-refractivity contribution is 5.84. The van der Waals surface area contributed by atoms with Gasteiger partial charge < -0.3 is 10.0 Å². The van der Waals surface area contributed by atoms with Crippen LogP contribution in [0.3, 0.4) is 0 Å². The van der Waals surface area contributed by atoms with Crippen LogP contribution in [0, 0.1) is 5.92 Å². The van der Waals surface area contributed by atoms with E-state index in [1.807, 2.05) is 0 Å². The summed E-state index contributed by atoms with van der Waals surface area (Å²) in [5.41, 5.74) is 0. The number of nitrogens with zero attached hydrogens (tertiary/aromatic N) is 1. The third-order valence-electron chi connectivity index (χ3n) is 1.75. The van der Waals surface area contributed by atoms with E-state index in [2.05, 4.69) is 0 Å². The first kappa shape index (κ1) is 6.55. The van der Waals surface area contributed by atoms with Crippen molar-refractivity contribution in [2.24, 2.45) is 5.92 Å². The molecule has 0 aromatic heterocycles. The zero-order valence-corrected chi connectivity index (χ0v) is 5.66. The number of hydrogen-bond donors (Lipinski definition) is 1. The molecule has 1 rings (SSSR count). The van der Waals surface area contributed by atoms with Crippen LogP contribution in [0.15, 0.2) is 0 Å². The second-order valence-corrected chi connectivity index (χ2v) is 2.57. The molecule has 1 aliphatic heterocycles. The quantitative estimate of drug-likeness (QED) is 0.483. The topological polar surface area (TPSA) is 40.5 Å². The summed E-state index contributed by atoms with van der Waals surface area (Å²) >= 11 is 0. The number of aliphatic hydroxyl groups excluding tert-OH is 1. The van der Waals surface area contributed by atoms with Crippen LogP contribution in [0.4, 0.5) is 0 Å². The average molecular weight is 129 g/mol. The van der Waals surface area contributed by atoms with Gasteiger partial charge in [0.1, 0.15) is 0 Å². The van der Waals surface area contributed by atoms with E-state index in [0.29, 0.717) is 6.54 Å². The number of aliphatic hydroxyl groups is 1. The van der Waals surface area contributed by atoms with Crippen LogP contribution in [-0.2, 0) is 4.79 Å². The van der Waals surface area contributed by atoms with Gasteiger partial charge >= 0.3 is 0 Å². The van der Waals surface area contributed by atoms with E-state index >= 15 is 0 Å². The summed E-state index contributed by atoms with van der Waals surface area (Å²) < 4.78 is 0. The Balaban J connectivity index is 2.42. The van der Waals surface area contributed by atoms with Gasteiger partial charge in [-0.15, -0.1) is 0 Å². The molecule has 0 aromatic carbocycles. The van der Waals surface area contributed by atoms with Crippen molar-refractivity contribution in [3.8, 4) is 0 Å². The molecular formula is C6H11NO2. The molecule has 3 heteroatoms. The van der Waals surface area contributed by atoms with Crippen LogP contribution >= 0.6 is 0 Å². The summed E-state index contributed by atoms with van der Waals surface area (Å²) in [6.45, 7) is 2.35. The van der Waals surface area contributed by atoms with E-state index in [1.165, 1.54) is 0 Å². The number of hydrogen-bond acceptors (Lipinski definition) is 2. The second kappa shape index (κ2) is 1.99. The fraction of sp³-hybridized carbons (Fsp3) is 0.833. The van der Waals surface area contributed by atoms with Crippen molar-refractivity contribution in [2.75, 3.05) is 13.6 Å². The first-order valence-corrected chi connectivity index (χ1v) is 3.06. The standard InChI is InChI=1S/C6H11NO2/c1-4(8)5-3-7(2)6(5)9/h4-5,8H,3H2,1-2H3. The minimum atomic E-state index is -0.478. The maximum atomic E-state index is 10.8. The molecule has 1 aliphatic rings. The van der Waals surface area contributed by atoms with Crippen molar-refractivity contribution in [3.05, 3.63) is 0 Å². The zero-order valence-electron chi connectivity index (χ0n) is 5.66. The Morgan fingerprint density at radius 2 is 2.44 bits per heavy atom. The van der Waals surface area contributed by atoms with Gasteiger partial charge in [-0.2, -0.15) is 0 Å². The molecule has 2 atom stereocenters. The highest BCUT2D eigenvalue weighted by atomic mass is 16.3. The maximum absolute atomic E-state index is 10.8. The van der Waals surface area contributed by atoms with Crippen LogP contribution in [0.5, 0.6) is 0 Å². The van der Waals surface area contributed by atoms with Gasteiger partial charge in [-0.25, -0.2) is 0 Å². The molecule has 2 unspecified atom stereocenters. The highest BCUT2D eigenvalue weighted by Crippen LogP contribution is 2.18. The third kappa shape index (κ3) is 0.920. The first-order valence-electron chi connectivity index (χ1n) is 3.06. The Bertz CT molecular complexity index is 133. The zero-order chi connectivity index (χ0) is 7.02. The number of carbonyl (C=O) groups is 1. The molecule has 0 saturated carbocycles. The van der Waals surface area contributed by atoms with Gasteiger partial charge in [0.2, 0.25) is 5.91 Å². The van der Waals surface area contributed by atoms with Crippen LogP contribution in [0.25, 0.3) is 0 Å². The Labute approximate surface area is 54.3 Å². The van der Waals surface area contributed by atoms with E-state index in [4.69, 9.17) is 5.11 Å². The summed E-state index contributed by atoms with van der Waals surface area (Å²) in [4.78, 5) is 12.4. The van der Waals surface area contributed by atoms with Crippen molar-refractivity contribution < 1.29 is 9.90 Å². The van der Waals surface area contributed by atoms with Gasteiger partial charge in [0, 0.05) is 13.6 Å². The molecule has 0 spiro atoms. The molecule has 1 fully saturated rings. The van der Waals surface area contributed by atoms with Gasteiger partial charge in [0.15, 0.2) is 0 Å². The fourth-order valence-corrected chi connectivity index (χ4v) is 0.993. The Kier molecular flexibility index (Phi) is 1.45. The predicted octanol–water partition coefficient (Wildman–Crippen LogP) is -0.545. The summed E-state index contributed by atoms with van der Waals surface area (Å²) in [6.07, 6.45) is -0.478. The molecular weight excluding hydrogens is 118 g/mol. The van der Waals surface area contributed by atoms with Crippen LogP contribution < -0.4 is 0 Å². The molecule has 1 N–H and O–H groups in total. The molecule has 0 radical (unpaired) electrons. The molecule has 1 heterocycles. The summed E-state index contributed by atoms with van der Waals surface area (Å²) in [7, 11) is 1.74. The Morgan fingerprint density at radius 1 is 1.89 bits per heavy atom.